The van der Waals surface area contributed by atoms with Crippen molar-refractivity contribution in [3.63, 3.8) is 0 Å². The molecule has 1 aliphatic heterocycles. The first-order valence-electron chi connectivity index (χ1n) is 7.03. The second-order valence-corrected chi connectivity index (χ2v) is 4.46. The predicted octanol–water partition coefficient (Wildman–Crippen LogP) is 1.53. The summed E-state index contributed by atoms with van der Waals surface area (Å²) in [4.78, 5) is 23.8. The quantitative estimate of drug-likeness (QED) is 0.633. The third kappa shape index (κ3) is 3.45. The second kappa shape index (κ2) is 6.97. The predicted molar refractivity (Wildman–Crippen MR) is 76.3 cm³/mol. The third-order valence-electron chi connectivity index (χ3n) is 3.07. The summed E-state index contributed by atoms with van der Waals surface area (Å²) < 4.78 is 15.4. The summed E-state index contributed by atoms with van der Waals surface area (Å²) in [6.07, 6.45) is -0.610. The van der Waals surface area contributed by atoms with Crippen molar-refractivity contribution in [2.45, 2.75) is 26.4 Å². The van der Waals surface area contributed by atoms with Crippen LogP contribution in [0.15, 0.2) is 18.2 Å². The van der Waals surface area contributed by atoms with Crippen LogP contribution in [-0.4, -0.2) is 37.8 Å². The number of benzene rings is 1. The molecule has 0 aromatic heterocycles. The van der Waals surface area contributed by atoms with E-state index >= 15 is 0 Å². The van der Waals surface area contributed by atoms with Crippen LogP contribution in [0.4, 0.5) is 5.69 Å². The van der Waals surface area contributed by atoms with E-state index in [4.69, 9.17) is 14.2 Å². The third-order valence-corrected chi connectivity index (χ3v) is 3.07. The van der Waals surface area contributed by atoms with E-state index in [0.29, 0.717) is 5.75 Å². The standard InChI is InChI=1S/C15H19NO5/c1-3-19-14(17)13(15(18)20-4-2)21-12-7-5-6-11-10(12)8-9-16-11/h5-7,13,16H,3-4,8-9H2,1-2H3. The van der Waals surface area contributed by atoms with Crippen molar-refractivity contribution >= 4 is 17.6 Å². The summed E-state index contributed by atoms with van der Waals surface area (Å²) in [6, 6.07) is 5.47. The number of esters is 2. The fraction of sp³-hybridized carbons (Fsp3) is 0.467. The van der Waals surface area contributed by atoms with E-state index in [1.54, 1.807) is 26.0 Å². The van der Waals surface area contributed by atoms with Crippen molar-refractivity contribution in [3.8, 4) is 5.75 Å². The van der Waals surface area contributed by atoms with Gasteiger partial charge in [-0.05, 0) is 32.4 Å². The second-order valence-electron chi connectivity index (χ2n) is 4.46. The molecule has 0 saturated heterocycles. The number of hydrogen-bond acceptors (Lipinski definition) is 6. The Hall–Kier alpha value is -2.24. The van der Waals surface area contributed by atoms with Gasteiger partial charge in [0.2, 0.25) is 0 Å². The molecule has 2 rings (SSSR count). The molecule has 0 spiro atoms. The van der Waals surface area contributed by atoms with Crippen molar-refractivity contribution in [3.05, 3.63) is 23.8 Å². The van der Waals surface area contributed by atoms with Crippen molar-refractivity contribution in [1.29, 1.82) is 0 Å². The number of anilines is 1. The average molecular weight is 293 g/mol. The molecular weight excluding hydrogens is 274 g/mol. The minimum absolute atomic E-state index is 0.173. The van der Waals surface area contributed by atoms with Crippen molar-refractivity contribution in [1.82, 2.24) is 0 Å². The van der Waals surface area contributed by atoms with E-state index in [9.17, 15) is 9.59 Å². The minimum atomic E-state index is -1.39. The molecule has 1 heterocycles. The van der Waals surface area contributed by atoms with Crippen molar-refractivity contribution < 1.29 is 23.8 Å². The largest absolute Gasteiger partial charge is 0.466 e. The Morgan fingerprint density at radius 3 is 2.48 bits per heavy atom. The lowest BCUT2D eigenvalue weighted by atomic mass is 10.1. The molecule has 114 valence electrons. The maximum Gasteiger partial charge on any atom is 0.359 e. The zero-order valence-electron chi connectivity index (χ0n) is 12.2. The first kappa shape index (κ1) is 15.2. The maximum absolute atomic E-state index is 11.9. The molecule has 0 fully saturated rings. The van der Waals surface area contributed by atoms with Gasteiger partial charge in [-0.2, -0.15) is 0 Å². The number of ether oxygens (including phenoxy) is 3. The van der Waals surface area contributed by atoms with Crippen LogP contribution in [0.2, 0.25) is 0 Å². The molecular formula is C15H19NO5. The van der Waals surface area contributed by atoms with Gasteiger partial charge in [-0.3, -0.25) is 0 Å². The van der Waals surface area contributed by atoms with Gasteiger partial charge in [0.1, 0.15) is 5.75 Å². The molecule has 0 amide bonds. The summed E-state index contributed by atoms with van der Waals surface area (Å²) in [5.74, 6) is -0.970. The molecule has 0 radical (unpaired) electrons. The molecule has 0 saturated carbocycles. The number of nitrogens with one attached hydrogen (secondary N) is 1. The molecule has 1 aliphatic rings. The lowest BCUT2D eigenvalue weighted by Gasteiger charge is -2.17. The molecule has 0 unspecified atom stereocenters. The van der Waals surface area contributed by atoms with Gasteiger partial charge in [0, 0.05) is 17.8 Å². The molecule has 0 bridgehead atoms. The van der Waals surface area contributed by atoms with E-state index in [0.717, 1.165) is 24.2 Å². The van der Waals surface area contributed by atoms with Crippen LogP contribution in [-0.2, 0) is 25.5 Å². The highest BCUT2D eigenvalue weighted by molar-refractivity contribution is 5.98. The smallest absolute Gasteiger partial charge is 0.359 e. The SMILES string of the molecule is CCOC(=O)C(Oc1cccc2c1CCN2)C(=O)OCC. The van der Waals surface area contributed by atoms with E-state index < -0.39 is 18.0 Å². The Morgan fingerprint density at radius 1 is 1.19 bits per heavy atom. The van der Waals surface area contributed by atoms with E-state index in [-0.39, 0.29) is 13.2 Å². The Labute approximate surface area is 123 Å². The summed E-state index contributed by atoms with van der Waals surface area (Å²) in [5, 5.41) is 3.21. The zero-order chi connectivity index (χ0) is 15.2. The highest BCUT2D eigenvalue weighted by Crippen LogP contribution is 2.31. The average Bonchev–Trinajstić information content (AvgIpc) is 2.94. The molecule has 6 nitrogen and oxygen atoms in total. The van der Waals surface area contributed by atoms with Crippen LogP contribution in [0.3, 0.4) is 0 Å². The van der Waals surface area contributed by atoms with E-state index in [1.807, 2.05) is 6.07 Å². The molecule has 0 atom stereocenters. The van der Waals surface area contributed by atoms with Gasteiger partial charge < -0.3 is 19.5 Å². The summed E-state index contributed by atoms with van der Waals surface area (Å²) in [6.45, 7) is 4.49. The molecule has 6 heteroatoms. The number of fused-ring (bicyclic) bond motifs is 1. The van der Waals surface area contributed by atoms with Gasteiger partial charge >= 0.3 is 11.9 Å². The Balaban J connectivity index is 2.20. The highest BCUT2D eigenvalue weighted by Gasteiger charge is 2.33. The van der Waals surface area contributed by atoms with Crippen LogP contribution in [0.5, 0.6) is 5.75 Å². The lowest BCUT2D eigenvalue weighted by Crippen LogP contribution is -2.38. The normalized spacial score (nSPS) is 12.5. The molecule has 0 aliphatic carbocycles. The zero-order valence-corrected chi connectivity index (χ0v) is 12.2. The minimum Gasteiger partial charge on any atom is -0.466 e. The summed E-state index contributed by atoms with van der Waals surface area (Å²) >= 11 is 0. The van der Waals surface area contributed by atoms with Crippen molar-refractivity contribution in [2.24, 2.45) is 0 Å². The monoisotopic (exact) mass is 293 g/mol. The molecule has 1 aromatic carbocycles. The fourth-order valence-electron chi connectivity index (χ4n) is 2.18. The first-order valence-corrected chi connectivity index (χ1v) is 7.03. The topological polar surface area (TPSA) is 73.9 Å². The van der Waals surface area contributed by atoms with E-state index in [1.165, 1.54) is 0 Å². The lowest BCUT2D eigenvalue weighted by molar-refractivity contribution is -0.166. The number of hydrogen-bond donors (Lipinski definition) is 1. The Bertz CT molecular complexity index is 511. The van der Waals surface area contributed by atoms with Gasteiger partial charge in [0.15, 0.2) is 0 Å². The number of carbonyl (C=O) groups is 2. The molecule has 1 N–H and O–H groups in total. The van der Waals surface area contributed by atoms with Crippen LogP contribution in [0.25, 0.3) is 0 Å². The number of rotatable bonds is 6. The number of carbonyl (C=O) groups excluding carboxylic acids is 2. The van der Waals surface area contributed by atoms with E-state index in [2.05, 4.69) is 5.32 Å². The van der Waals surface area contributed by atoms with Gasteiger partial charge in [0.05, 0.1) is 13.2 Å². The summed E-state index contributed by atoms with van der Waals surface area (Å²) in [5.41, 5.74) is 1.91. The van der Waals surface area contributed by atoms with Crippen LogP contribution < -0.4 is 10.1 Å². The summed E-state index contributed by atoms with van der Waals surface area (Å²) in [7, 11) is 0. The maximum atomic E-state index is 11.9. The Kier molecular flexibility index (Phi) is 5.03. The van der Waals surface area contributed by atoms with Crippen LogP contribution >= 0.6 is 0 Å². The molecule has 21 heavy (non-hydrogen) atoms. The fourth-order valence-corrected chi connectivity index (χ4v) is 2.18. The first-order chi connectivity index (χ1) is 10.2. The Morgan fingerprint density at radius 2 is 1.86 bits per heavy atom. The highest BCUT2D eigenvalue weighted by atomic mass is 16.6. The van der Waals surface area contributed by atoms with Gasteiger partial charge in [-0.25, -0.2) is 9.59 Å². The van der Waals surface area contributed by atoms with Crippen molar-refractivity contribution in [2.75, 3.05) is 25.1 Å². The molecule has 1 aromatic rings. The van der Waals surface area contributed by atoms with Gasteiger partial charge in [-0.15, -0.1) is 0 Å². The van der Waals surface area contributed by atoms with Crippen LogP contribution in [0, 0.1) is 0 Å². The van der Waals surface area contributed by atoms with Gasteiger partial charge in [-0.1, -0.05) is 6.07 Å². The van der Waals surface area contributed by atoms with Crippen LogP contribution in [0.1, 0.15) is 19.4 Å². The van der Waals surface area contributed by atoms with Gasteiger partial charge in [0.25, 0.3) is 6.10 Å².